The highest BCUT2D eigenvalue weighted by Gasteiger charge is 2.36. The molecule has 0 aromatic heterocycles. The van der Waals surface area contributed by atoms with E-state index in [0.29, 0.717) is 13.2 Å². The number of halogens is 3. The van der Waals surface area contributed by atoms with Crippen molar-refractivity contribution in [3.63, 3.8) is 0 Å². The summed E-state index contributed by atoms with van der Waals surface area (Å²) >= 11 is 0. The lowest BCUT2D eigenvalue weighted by Crippen LogP contribution is -2.43. The van der Waals surface area contributed by atoms with Crippen LogP contribution in [0.2, 0.25) is 0 Å². The Bertz CT molecular complexity index is 655. The van der Waals surface area contributed by atoms with Crippen LogP contribution in [0.4, 0.5) is 13.2 Å². The summed E-state index contributed by atoms with van der Waals surface area (Å²) in [5.41, 5.74) is -0.00197. The van der Waals surface area contributed by atoms with Gasteiger partial charge >= 0.3 is 6.18 Å². The zero-order valence-electron chi connectivity index (χ0n) is 12.9. The molecule has 0 saturated carbocycles. The van der Waals surface area contributed by atoms with Gasteiger partial charge < -0.3 is 14.8 Å². The SMILES string of the molecule is FC(F)(F)c1ccccc1OC(c1ccccc1)[C@@H]1CNCCO1. The third-order valence-electron chi connectivity index (χ3n) is 3.87. The Morgan fingerprint density at radius 1 is 1.04 bits per heavy atom. The zero-order chi connectivity index (χ0) is 17.0. The summed E-state index contributed by atoms with van der Waals surface area (Å²) in [7, 11) is 0. The fourth-order valence-corrected chi connectivity index (χ4v) is 2.72. The van der Waals surface area contributed by atoms with Crippen LogP contribution < -0.4 is 10.1 Å². The number of para-hydroxylation sites is 1. The Balaban J connectivity index is 1.93. The van der Waals surface area contributed by atoms with Gasteiger partial charge in [-0.2, -0.15) is 13.2 Å². The minimum atomic E-state index is -4.47. The molecule has 1 aliphatic rings. The topological polar surface area (TPSA) is 30.5 Å². The number of hydrogen-bond donors (Lipinski definition) is 1. The van der Waals surface area contributed by atoms with Gasteiger partial charge in [-0.25, -0.2) is 0 Å². The molecular formula is C18H18F3NO2. The second-order valence-electron chi connectivity index (χ2n) is 5.56. The van der Waals surface area contributed by atoms with Crippen molar-refractivity contribution in [3.05, 3.63) is 65.7 Å². The average Bonchev–Trinajstić information content (AvgIpc) is 2.61. The van der Waals surface area contributed by atoms with Crippen molar-refractivity contribution < 1.29 is 22.6 Å². The molecule has 6 heteroatoms. The van der Waals surface area contributed by atoms with Gasteiger partial charge in [-0.1, -0.05) is 42.5 Å². The van der Waals surface area contributed by atoms with E-state index < -0.39 is 17.8 Å². The second-order valence-corrected chi connectivity index (χ2v) is 5.56. The molecule has 2 atom stereocenters. The minimum absolute atomic E-state index is 0.187. The van der Waals surface area contributed by atoms with E-state index in [0.717, 1.165) is 18.2 Å². The van der Waals surface area contributed by atoms with Crippen LogP contribution in [0.1, 0.15) is 17.2 Å². The Morgan fingerprint density at radius 3 is 2.42 bits per heavy atom. The van der Waals surface area contributed by atoms with Crippen molar-refractivity contribution in [1.29, 1.82) is 0 Å². The van der Waals surface area contributed by atoms with Crippen molar-refractivity contribution >= 4 is 0 Å². The van der Waals surface area contributed by atoms with Crippen LogP contribution in [0.3, 0.4) is 0 Å². The zero-order valence-corrected chi connectivity index (χ0v) is 12.9. The highest BCUT2D eigenvalue weighted by Crippen LogP contribution is 2.38. The van der Waals surface area contributed by atoms with Crippen molar-refractivity contribution in [3.8, 4) is 5.75 Å². The third kappa shape index (κ3) is 3.88. The molecular weight excluding hydrogens is 319 g/mol. The first-order valence-corrected chi connectivity index (χ1v) is 7.76. The van der Waals surface area contributed by atoms with Gasteiger partial charge in [0.15, 0.2) is 6.10 Å². The van der Waals surface area contributed by atoms with Gasteiger partial charge in [0.05, 0.1) is 12.2 Å². The Labute approximate surface area is 138 Å². The average molecular weight is 337 g/mol. The first-order valence-electron chi connectivity index (χ1n) is 7.76. The molecule has 1 unspecified atom stereocenters. The summed E-state index contributed by atoms with van der Waals surface area (Å²) < 4.78 is 51.2. The first-order chi connectivity index (χ1) is 11.6. The van der Waals surface area contributed by atoms with E-state index in [1.54, 1.807) is 0 Å². The number of benzene rings is 2. The van der Waals surface area contributed by atoms with Gasteiger partial charge in [0.25, 0.3) is 0 Å². The molecule has 3 nitrogen and oxygen atoms in total. The molecule has 1 aliphatic heterocycles. The summed E-state index contributed by atoms with van der Waals surface area (Å²) in [6, 6.07) is 14.4. The maximum atomic E-state index is 13.2. The van der Waals surface area contributed by atoms with Crippen molar-refractivity contribution in [1.82, 2.24) is 5.32 Å². The van der Waals surface area contributed by atoms with Crippen molar-refractivity contribution in [2.45, 2.75) is 18.4 Å². The van der Waals surface area contributed by atoms with Gasteiger partial charge in [-0.05, 0) is 17.7 Å². The molecule has 0 bridgehead atoms. The molecule has 128 valence electrons. The first kappa shape index (κ1) is 16.8. The molecule has 1 N–H and O–H groups in total. The third-order valence-corrected chi connectivity index (χ3v) is 3.87. The molecule has 0 spiro atoms. The molecule has 2 aromatic rings. The molecule has 2 aromatic carbocycles. The highest BCUT2D eigenvalue weighted by molar-refractivity contribution is 5.36. The van der Waals surface area contributed by atoms with E-state index >= 15 is 0 Å². The number of hydrogen-bond acceptors (Lipinski definition) is 3. The van der Waals surface area contributed by atoms with E-state index in [9.17, 15) is 13.2 Å². The molecule has 24 heavy (non-hydrogen) atoms. The lowest BCUT2D eigenvalue weighted by atomic mass is 10.0. The summed E-state index contributed by atoms with van der Waals surface area (Å²) in [5, 5.41) is 3.19. The predicted octanol–water partition coefficient (Wildman–Crippen LogP) is 3.81. The lowest BCUT2D eigenvalue weighted by molar-refractivity contribution is -0.140. The number of ether oxygens (including phenoxy) is 2. The lowest BCUT2D eigenvalue weighted by Gasteiger charge is -2.32. The Morgan fingerprint density at radius 2 is 1.75 bits per heavy atom. The van der Waals surface area contributed by atoms with Crippen LogP contribution in [-0.2, 0) is 10.9 Å². The second kappa shape index (κ2) is 7.23. The molecule has 0 amide bonds. The quantitative estimate of drug-likeness (QED) is 0.920. The van der Waals surface area contributed by atoms with E-state index in [-0.39, 0.29) is 11.9 Å². The van der Waals surface area contributed by atoms with Gasteiger partial charge in [0.2, 0.25) is 0 Å². The van der Waals surface area contributed by atoms with Gasteiger partial charge in [-0.15, -0.1) is 0 Å². The molecule has 3 rings (SSSR count). The number of morpholine rings is 1. The van der Waals surface area contributed by atoms with Crippen LogP contribution in [0.5, 0.6) is 5.75 Å². The predicted molar refractivity (Wildman–Crippen MR) is 83.9 cm³/mol. The van der Waals surface area contributed by atoms with Crippen LogP contribution in [0.15, 0.2) is 54.6 Å². The van der Waals surface area contributed by atoms with E-state index in [1.807, 2.05) is 30.3 Å². The van der Waals surface area contributed by atoms with Crippen molar-refractivity contribution in [2.75, 3.05) is 19.7 Å². The van der Waals surface area contributed by atoms with Gasteiger partial charge in [0, 0.05) is 13.1 Å². The fraction of sp³-hybridized carbons (Fsp3) is 0.333. The Hall–Kier alpha value is -2.05. The number of rotatable bonds is 4. The summed E-state index contributed by atoms with van der Waals surface area (Å²) in [4.78, 5) is 0. The van der Waals surface area contributed by atoms with Crippen LogP contribution in [0, 0.1) is 0 Å². The number of alkyl halides is 3. The van der Waals surface area contributed by atoms with Crippen LogP contribution in [-0.4, -0.2) is 25.8 Å². The van der Waals surface area contributed by atoms with Gasteiger partial charge in [0.1, 0.15) is 11.9 Å². The molecule has 1 saturated heterocycles. The molecule has 0 radical (unpaired) electrons. The smallest absolute Gasteiger partial charge is 0.419 e. The fourth-order valence-electron chi connectivity index (χ4n) is 2.72. The van der Waals surface area contributed by atoms with Crippen LogP contribution in [0.25, 0.3) is 0 Å². The summed E-state index contributed by atoms with van der Waals surface area (Å²) in [6.45, 7) is 1.74. The van der Waals surface area contributed by atoms with E-state index in [2.05, 4.69) is 5.32 Å². The highest BCUT2D eigenvalue weighted by atomic mass is 19.4. The van der Waals surface area contributed by atoms with Gasteiger partial charge in [-0.3, -0.25) is 0 Å². The monoisotopic (exact) mass is 337 g/mol. The molecule has 0 aliphatic carbocycles. The maximum absolute atomic E-state index is 13.2. The van der Waals surface area contributed by atoms with E-state index in [4.69, 9.17) is 9.47 Å². The normalized spacial score (nSPS) is 19.7. The molecule has 1 heterocycles. The largest absolute Gasteiger partial charge is 0.482 e. The standard InChI is InChI=1S/C18H18F3NO2/c19-18(20,21)14-8-4-5-9-15(14)24-17(13-6-2-1-3-7-13)16-12-22-10-11-23-16/h1-9,16-17,22H,10-12H2/t16-,17?/m0/s1. The maximum Gasteiger partial charge on any atom is 0.419 e. The summed E-state index contributed by atoms with van der Waals surface area (Å²) in [5.74, 6) is -0.187. The summed E-state index contributed by atoms with van der Waals surface area (Å²) in [6.07, 6.45) is -5.45. The van der Waals surface area contributed by atoms with E-state index in [1.165, 1.54) is 18.2 Å². The Kier molecular flexibility index (Phi) is 5.06. The minimum Gasteiger partial charge on any atom is -0.482 e. The number of nitrogens with one attached hydrogen (secondary N) is 1. The molecule has 1 fully saturated rings. The van der Waals surface area contributed by atoms with Crippen molar-refractivity contribution in [2.24, 2.45) is 0 Å². The van der Waals surface area contributed by atoms with Crippen LogP contribution >= 0.6 is 0 Å².